The molecule has 0 saturated heterocycles. The Labute approximate surface area is 269 Å². The summed E-state index contributed by atoms with van der Waals surface area (Å²) < 4.78 is 10.4. The summed E-state index contributed by atoms with van der Waals surface area (Å²) in [5.74, 6) is -0.359. The second-order valence-electron chi connectivity index (χ2n) is 8.82. The number of H-pyrrole nitrogens is 1. The number of rotatable bonds is 5. The fourth-order valence-corrected chi connectivity index (χ4v) is 10.3. The highest BCUT2D eigenvalue weighted by molar-refractivity contribution is 9.15. The minimum atomic E-state index is -0.359. The van der Waals surface area contributed by atoms with Gasteiger partial charge in [-0.2, -0.15) is 0 Å². The Bertz CT molecular complexity index is 2080. The van der Waals surface area contributed by atoms with Gasteiger partial charge in [0.25, 0.3) is 0 Å². The van der Waals surface area contributed by atoms with Crippen LogP contribution >= 0.6 is 93.1 Å². The summed E-state index contributed by atoms with van der Waals surface area (Å²) in [6.45, 7) is 0. The lowest BCUT2D eigenvalue weighted by Crippen LogP contribution is -2.13. The van der Waals surface area contributed by atoms with E-state index in [4.69, 9.17) is 9.73 Å². The maximum atomic E-state index is 12.1. The van der Waals surface area contributed by atoms with Gasteiger partial charge in [-0.05, 0) is 108 Å². The van der Waals surface area contributed by atoms with E-state index in [1.165, 1.54) is 31.3 Å². The van der Waals surface area contributed by atoms with Gasteiger partial charge in [-0.3, -0.25) is 0 Å². The molecule has 6 heterocycles. The zero-order valence-electron chi connectivity index (χ0n) is 20.4. The second kappa shape index (κ2) is 10.6. The zero-order valence-corrected chi connectivity index (χ0v) is 28.4. The molecule has 6 aromatic rings. The Morgan fingerprint density at radius 3 is 2.00 bits per heavy atom. The molecule has 0 unspecified atom stereocenters. The van der Waals surface area contributed by atoms with Crippen LogP contribution in [-0.4, -0.2) is 18.1 Å². The third-order valence-electron chi connectivity index (χ3n) is 6.39. The number of aromatic amines is 1. The number of benzene rings is 1. The van der Waals surface area contributed by atoms with Crippen LogP contribution in [0, 0.1) is 0 Å². The fourth-order valence-electron chi connectivity index (χ4n) is 4.57. The molecule has 0 aliphatic carbocycles. The van der Waals surface area contributed by atoms with E-state index in [-0.39, 0.29) is 5.97 Å². The fraction of sp³-hybridized carbons (Fsp3) is 0.0345. The normalized spacial score (nSPS) is 14.1. The molecule has 198 valence electrons. The number of carbonyl (C=O) groups is 1. The molecule has 0 bridgehead atoms. The highest BCUT2D eigenvalue weighted by Crippen LogP contribution is 2.42. The van der Waals surface area contributed by atoms with Crippen molar-refractivity contribution < 1.29 is 9.53 Å². The van der Waals surface area contributed by atoms with Gasteiger partial charge in [-0.1, -0.05) is 12.1 Å². The number of fused-ring (bicyclic) bond motifs is 2. The van der Waals surface area contributed by atoms with E-state index in [2.05, 4.69) is 95.2 Å². The van der Waals surface area contributed by atoms with Crippen LogP contribution in [0.1, 0.15) is 21.6 Å². The summed E-state index contributed by atoms with van der Waals surface area (Å²) in [5.41, 5.74) is 5.35. The van der Waals surface area contributed by atoms with E-state index < -0.39 is 0 Å². The molecule has 7 rings (SSSR count). The SMILES string of the molecule is COC(=O)c1ccc(/C(=C2/N=c3cc(-c4ccc(Br)s4)sc3=C2Br)c2cc3sc(-c4ccc(Br)s4)cc3[nH]2)cc1. The zero-order chi connectivity index (χ0) is 27.5. The van der Waals surface area contributed by atoms with Gasteiger partial charge in [0, 0.05) is 25.1 Å². The van der Waals surface area contributed by atoms with Crippen molar-refractivity contribution >= 4 is 119 Å². The number of allylic oxidation sites excluding steroid dienone is 1. The molecular weight excluding hydrogens is 776 g/mol. The third kappa shape index (κ3) is 4.75. The number of aromatic nitrogens is 1. The molecule has 4 nitrogen and oxygen atoms in total. The standard InChI is InChI=1S/C29H15Br3N2O2S4/c1-36-29(35)14-4-2-13(3-5-14)25(16-11-20-15(33-16)10-21(37-20)18-6-8-23(30)38-18)27-26(32)28-17(34-27)12-22(40-28)19-7-9-24(31)39-19/h2-12,33H,1H3/b27-25-. The molecule has 1 aliphatic rings. The van der Waals surface area contributed by atoms with Gasteiger partial charge in [-0.15, -0.1) is 45.3 Å². The van der Waals surface area contributed by atoms with Crippen LogP contribution in [0.4, 0.5) is 0 Å². The van der Waals surface area contributed by atoms with Crippen molar-refractivity contribution in [2.24, 2.45) is 4.99 Å². The predicted molar refractivity (Wildman–Crippen MR) is 179 cm³/mol. The highest BCUT2D eigenvalue weighted by atomic mass is 79.9. The minimum absolute atomic E-state index is 0.359. The largest absolute Gasteiger partial charge is 0.465 e. The van der Waals surface area contributed by atoms with Gasteiger partial charge in [0.05, 0.1) is 56.2 Å². The Morgan fingerprint density at radius 2 is 1.43 bits per heavy atom. The van der Waals surface area contributed by atoms with Crippen LogP contribution in [0.25, 0.3) is 39.8 Å². The molecular formula is C29H15Br3N2O2S4. The maximum Gasteiger partial charge on any atom is 0.337 e. The lowest BCUT2D eigenvalue weighted by molar-refractivity contribution is 0.0600. The van der Waals surface area contributed by atoms with Gasteiger partial charge < -0.3 is 9.72 Å². The van der Waals surface area contributed by atoms with Crippen molar-refractivity contribution in [2.75, 3.05) is 7.11 Å². The van der Waals surface area contributed by atoms with Gasteiger partial charge >= 0.3 is 5.97 Å². The smallest absolute Gasteiger partial charge is 0.337 e. The number of carbonyl (C=O) groups excluding carboxylic acids is 1. The lowest BCUT2D eigenvalue weighted by atomic mass is 9.99. The minimum Gasteiger partial charge on any atom is -0.465 e. The number of hydrogen-bond acceptors (Lipinski definition) is 7. The molecule has 0 radical (unpaired) electrons. The van der Waals surface area contributed by atoms with E-state index >= 15 is 0 Å². The summed E-state index contributed by atoms with van der Waals surface area (Å²) in [4.78, 5) is 25.7. The Morgan fingerprint density at radius 1 is 0.775 bits per heavy atom. The second-order valence-corrected chi connectivity index (χ2v) is 16.7. The molecule has 1 aromatic carbocycles. The molecule has 0 spiro atoms. The van der Waals surface area contributed by atoms with E-state index in [9.17, 15) is 4.79 Å². The van der Waals surface area contributed by atoms with Crippen molar-refractivity contribution in [1.82, 2.24) is 4.98 Å². The van der Waals surface area contributed by atoms with Gasteiger partial charge in [0.2, 0.25) is 0 Å². The van der Waals surface area contributed by atoms with Gasteiger partial charge in [0.1, 0.15) is 0 Å². The van der Waals surface area contributed by atoms with Crippen LogP contribution < -0.4 is 9.89 Å². The van der Waals surface area contributed by atoms with Gasteiger partial charge in [-0.25, -0.2) is 9.79 Å². The summed E-state index contributed by atoms with van der Waals surface area (Å²) in [6, 6.07) is 22.5. The quantitative estimate of drug-likeness (QED) is 0.177. The summed E-state index contributed by atoms with van der Waals surface area (Å²) in [7, 11) is 1.39. The first-order valence-corrected chi connectivity index (χ1v) is 17.5. The van der Waals surface area contributed by atoms with Crippen molar-refractivity contribution in [1.29, 1.82) is 0 Å². The molecule has 11 heteroatoms. The van der Waals surface area contributed by atoms with Crippen molar-refractivity contribution in [3.63, 3.8) is 0 Å². The summed E-state index contributed by atoms with van der Waals surface area (Å²) >= 11 is 18.0. The van der Waals surface area contributed by atoms with E-state index in [0.29, 0.717) is 5.56 Å². The van der Waals surface area contributed by atoms with Crippen molar-refractivity contribution in [3.8, 4) is 19.5 Å². The summed E-state index contributed by atoms with van der Waals surface area (Å²) in [5, 5.41) is 0.953. The highest BCUT2D eigenvalue weighted by Gasteiger charge is 2.23. The summed E-state index contributed by atoms with van der Waals surface area (Å²) in [6.07, 6.45) is 0. The molecule has 0 saturated carbocycles. The van der Waals surface area contributed by atoms with E-state index in [0.717, 1.165) is 50.0 Å². The monoisotopic (exact) mass is 788 g/mol. The Kier molecular flexibility index (Phi) is 7.10. The number of nitrogens with zero attached hydrogens (tertiary/aromatic N) is 1. The molecule has 1 aliphatic heterocycles. The number of hydrogen-bond donors (Lipinski definition) is 1. The van der Waals surface area contributed by atoms with Crippen molar-refractivity contribution in [3.05, 3.63) is 107 Å². The average Bonchev–Trinajstić information content (AvgIpc) is 3.77. The first kappa shape index (κ1) is 26.8. The number of nitrogens with one attached hydrogen (secondary N) is 1. The first-order chi connectivity index (χ1) is 19.4. The topological polar surface area (TPSA) is 54.4 Å². The number of halogens is 3. The van der Waals surface area contributed by atoms with E-state index in [1.54, 1.807) is 57.5 Å². The number of esters is 1. The van der Waals surface area contributed by atoms with Crippen molar-refractivity contribution in [2.45, 2.75) is 0 Å². The van der Waals surface area contributed by atoms with Crippen LogP contribution in [0.15, 0.2) is 85.0 Å². The van der Waals surface area contributed by atoms with Crippen LogP contribution in [0.3, 0.4) is 0 Å². The lowest BCUT2D eigenvalue weighted by Gasteiger charge is -2.11. The Balaban J connectivity index is 1.38. The number of methoxy groups -OCH3 is 1. The Hall–Kier alpha value is -2.12. The average molecular weight is 791 g/mol. The first-order valence-electron chi connectivity index (χ1n) is 11.8. The molecule has 40 heavy (non-hydrogen) atoms. The van der Waals surface area contributed by atoms with Crippen LogP contribution in [0.5, 0.6) is 0 Å². The molecule has 5 aromatic heterocycles. The molecule has 0 amide bonds. The number of ether oxygens (including phenoxy) is 1. The van der Waals surface area contributed by atoms with Crippen LogP contribution in [0.2, 0.25) is 0 Å². The maximum absolute atomic E-state index is 12.1. The molecule has 1 N–H and O–H groups in total. The number of thiophene rings is 4. The third-order valence-corrected chi connectivity index (χ3v) is 13.3. The molecule has 0 atom stereocenters. The van der Waals surface area contributed by atoms with Gasteiger partial charge in [0.15, 0.2) is 0 Å². The molecule has 0 fully saturated rings. The predicted octanol–water partition coefficient (Wildman–Crippen LogP) is 9.66. The van der Waals surface area contributed by atoms with E-state index in [1.807, 2.05) is 12.1 Å². The van der Waals surface area contributed by atoms with Crippen LogP contribution in [-0.2, 0) is 4.74 Å².